The fourth-order valence-corrected chi connectivity index (χ4v) is 1.75. The zero-order valence-corrected chi connectivity index (χ0v) is 10.2. The molecule has 1 nitrogen and oxygen atoms in total. The third-order valence-corrected chi connectivity index (χ3v) is 2.80. The summed E-state index contributed by atoms with van der Waals surface area (Å²) in [6.45, 7) is 4.33. The average molecular weight is 245 g/mol. The lowest BCUT2D eigenvalue weighted by Gasteiger charge is -2.16. The summed E-state index contributed by atoms with van der Waals surface area (Å²) in [6, 6.07) is 1.79. The van der Waals surface area contributed by atoms with Crippen molar-refractivity contribution in [1.29, 1.82) is 0 Å². The van der Waals surface area contributed by atoms with Crippen LogP contribution in [-0.2, 0) is 6.54 Å². The summed E-state index contributed by atoms with van der Waals surface area (Å²) >= 11 is 0. The summed E-state index contributed by atoms with van der Waals surface area (Å²) < 4.78 is 39.0. The average Bonchev–Trinajstić information content (AvgIpc) is 2.30. The number of hydrogen-bond acceptors (Lipinski definition) is 1. The quantitative estimate of drug-likeness (QED) is 0.752. The van der Waals surface area contributed by atoms with E-state index in [-0.39, 0.29) is 18.2 Å². The topological polar surface area (TPSA) is 12.0 Å². The molecule has 1 rings (SSSR count). The zero-order chi connectivity index (χ0) is 12.8. The Hall–Kier alpha value is -1.03. The maximum absolute atomic E-state index is 13.3. The van der Waals surface area contributed by atoms with E-state index in [1.807, 2.05) is 6.92 Å². The van der Waals surface area contributed by atoms with E-state index in [2.05, 4.69) is 12.2 Å². The van der Waals surface area contributed by atoms with Crippen LogP contribution in [-0.4, -0.2) is 6.04 Å². The minimum Gasteiger partial charge on any atom is -0.310 e. The van der Waals surface area contributed by atoms with E-state index < -0.39 is 17.5 Å². The molecule has 0 aliphatic heterocycles. The summed E-state index contributed by atoms with van der Waals surface area (Å²) in [5.41, 5.74) is 0.165. The molecule has 0 aromatic heterocycles. The Morgan fingerprint density at radius 3 is 2.29 bits per heavy atom. The molecular weight excluding hydrogens is 227 g/mol. The van der Waals surface area contributed by atoms with Gasteiger partial charge in [0.15, 0.2) is 11.6 Å². The molecule has 1 aromatic rings. The van der Waals surface area contributed by atoms with Crippen molar-refractivity contribution in [3.8, 4) is 0 Å². The van der Waals surface area contributed by atoms with E-state index >= 15 is 0 Å². The van der Waals surface area contributed by atoms with E-state index in [1.165, 1.54) is 0 Å². The fraction of sp³-hybridized carbons (Fsp3) is 0.538. The van der Waals surface area contributed by atoms with Gasteiger partial charge in [-0.15, -0.1) is 0 Å². The molecule has 4 heteroatoms. The van der Waals surface area contributed by atoms with Crippen LogP contribution >= 0.6 is 0 Å². The van der Waals surface area contributed by atoms with Crippen LogP contribution in [0.5, 0.6) is 0 Å². The lowest BCUT2D eigenvalue weighted by Crippen LogP contribution is -2.28. The molecule has 0 aliphatic rings. The van der Waals surface area contributed by atoms with Crippen LogP contribution < -0.4 is 5.32 Å². The summed E-state index contributed by atoms with van der Waals surface area (Å²) in [5.74, 6) is -2.86. The highest BCUT2D eigenvalue weighted by Crippen LogP contribution is 2.14. The molecular formula is C13H18F3N. The molecule has 0 saturated heterocycles. The molecule has 0 radical (unpaired) electrons. The van der Waals surface area contributed by atoms with Crippen molar-refractivity contribution in [1.82, 2.24) is 5.32 Å². The molecule has 0 saturated carbocycles. The maximum atomic E-state index is 13.3. The summed E-state index contributed by atoms with van der Waals surface area (Å²) in [6.07, 6.45) is 2.95. The predicted molar refractivity (Wildman–Crippen MR) is 62.1 cm³/mol. The van der Waals surface area contributed by atoms with Crippen molar-refractivity contribution in [2.24, 2.45) is 0 Å². The van der Waals surface area contributed by atoms with Gasteiger partial charge in [-0.25, -0.2) is 13.2 Å². The Kier molecular flexibility index (Phi) is 5.48. The third kappa shape index (κ3) is 4.04. The molecule has 1 N–H and O–H groups in total. The van der Waals surface area contributed by atoms with Crippen LogP contribution in [0.1, 0.15) is 38.7 Å². The van der Waals surface area contributed by atoms with E-state index in [4.69, 9.17) is 0 Å². The van der Waals surface area contributed by atoms with Crippen LogP contribution in [0.25, 0.3) is 0 Å². The van der Waals surface area contributed by atoms with Crippen molar-refractivity contribution >= 4 is 0 Å². The third-order valence-electron chi connectivity index (χ3n) is 2.80. The summed E-state index contributed by atoms with van der Waals surface area (Å²) in [7, 11) is 0. The second kappa shape index (κ2) is 6.64. The Bertz CT molecular complexity index is 366. The number of halogens is 3. The monoisotopic (exact) mass is 245 g/mol. The second-order valence-corrected chi connectivity index (χ2v) is 4.13. The van der Waals surface area contributed by atoms with Gasteiger partial charge >= 0.3 is 0 Å². The van der Waals surface area contributed by atoms with E-state index in [0.717, 1.165) is 25.3 Å². The minimum atomic E-state index is -1.15. The second-order valence-electron chi connectivity index (χ2n) is 4.13. The van der Waals surface area contributed by atoms with Crippen LogP contribution in [0.3, 0.4) is 0 Å². The van der Waals surface area contributed by atoms with Gasteiger partial charge in [0.2, 0.25) is 0 Å². The Morgan fingerprint density at radius 2 is 1.71 bits per heavy atom. The van der Waals surface area contributed by atoms with E-state index in [0.29, 0.717) is 6.07 Å². The SMILES string of the molecule is CCCC(CC)NCc1cc(F)c(F)cc1F. The predicted octanol–water partition coefficient (Wildman–Crippen LogP) is 3.77. The van der Waals surface area contributed by atoms with Crippen molar-refractivity contribution in [3.63, 3.8) is 0 Å². The van der Waals surface area contributed by atoms with Gasteiger partial charge in [0.25, 0.3) is 0 Å². The first-order valence-corrected chi connectivity index (χ1v) is 5.95. The number of rotatable bonds is 6. The van der Waals surface area contributed by atoms with Gasteiger partial charge in [0.05, 0.1) is 0 Å². The van der Waals surface area contributed by atoms with Crippen molar-refractivity contribution < 1.29 is 13.2 Å². The summed E-state index contributed by atoms with van der Waals surface area (Å²) in [5, 5.41) is 3.15. The summed E-state index contributed by atoms with van der Waals surface area (Å²) in [4.78, 5) is 0. The largest absolute Gasteiger partial charge is 0.310 e. The molecule has 1 atom stereocenters. The molecule has 0 bridgehead atoms. The lowest BCUT2D eigenvalue weighted by molar-refractivity contribution is 0.448. The first-order chi connectivity index (χ1) is 8.08. The van der Waals surface area contributed by atoms with E-state index in [9.17, 15) is 13.2 Å². The Labute approximate surface area is 100 Å². The van der Waals surface area contributed by atoms with Gasteiger partial charge in [-0.1, -0.05) is 20.3 Å². The molecule has 0 heterocycles. The molecule has 0 fully saturated rings. The van der Waals surface area contributed by atoms with Gasteiger partial charge in [0, 0.05) is 24.2 Å². The van der Waals surface area contributed by atoms with Crippen molar-refractivity contribution in [3.05, 3.63) is 35.1 Å². The minimum absolute atomic E-state index is 0.165. The van der Waals surface area contributed by atoms with Crippen molar-refractivity contribution in [2.75, 3.05) is 0 Å². The molecule has 0 amide bonds. The Morgan fingerprint density at radius 1 is 1.06 bits per heavy atom. The molecule has 1 aromatic carbocycles. The molecule has 0 aliphatic carbocycles. The highest BCUT2D eigenvalue weighted by Gasteiger charge is 2.11. The van der Waals surface area contributed by atoms with Crippen LogP contribution in [0.4, 0.5) is 13.2 Å². The standard InChI is InChI=1S/C13H18F3N/c1-3-5-10(4-2)17-8-9-6-12(15)13(16)7-11(9)14/h6-7,10,17H,3-5,8H2,1-2H3. The van der Waals surface area contributed by atoms with Gasteiger partial charge < -0.3 is 5.32 Å². The van der Waals surface area contributed by atoms with Gasteiger partial charge in [-0.2, -0.15) is 0 Å². The highest BCUT2D eigenvalue weighted by atomic mass is 19.2. The first-order valence-electron chi connectivity index (χ1n) is 5.95. The highest BCUT2D eigenvalue weighted by molar-refractivity contribution is 5.20. The van der Waals surface area contributed by atoms with Gasteiger partial charge in [0.1, 0.15) is 5.82 Å². The fourth-order valence-electron chi connectivity index (χ4n) is 1.75. The zero-order valence-electron chi connectivity index (χ0n) is 10.2. The molecule has 1 unspecified atom stereocenters. The molecule has 17 heavy (non-hydrogen) atoms. The molecule has 96 valence electrons. The molecule has 0 spiro atoms. The lowest BCUT2D eigenvalue weighted by atomic mass is 10.1. The smallest absolute Gasteiger partial charge is 0.161 e. The van der Waals surface area contributed by atoms with Crippen LogP contribution in [0.15, 0.2) is 12.1 Å². The van der Waals surface area contributed by atoms with Crippen LogP contribution in [0, 0.1) is 17.5 Å². The first kappa shape index (κ1) is 14.0. The number of benzene rings is 1. The van der Waals surface area contributed by atoms with Crippen molar-refractivity contribution in [2.45, 2.75) is 45.7 Å². The van der Waals surface area contributed by atoms with Gasteiger partial charge in [-0.05, 0) is 18.9 Å². The number of nitrogens with one attached hydrogen (secondary N) is 1. The Balaban J connectivity index is 2.65. The van der Waals surface area contributed by atoms with E-state index in [1.54, 1.807) is 0 Å². The number of hydrogen-bond donors (Lipinski definition) is 1. The normalized spacial score (nSPS) is 12.8. The van der Waals surface area contributed by atoms with Crippen LogP contribution in [0.2, 0.25) is 0 Å². The van der Waals surface area contributed by atoms with Gasteiger partial charge in [-0.3, -0.25) is 0 Å². The maximum Gasteiger partial charge on any atom is 0.161 e.